The lowest BCUT2D eigenvalue weighted by Crippen LogP contribution is -2.06. The van der Waals surface area contributed by atoms with Gasteiger partial charge < -0.3 is 5.73 Å². The van der Waals surface area contributed by atoms with Crippen molar-refractivity contribution in [3.63, 3.8) is 0 Å². The number of nitrogens with zero attached hydrogens (tertiary/aromatic N) is 2. The SMILES string of the molecule is Nc1nc(Cc2ccccc2)nc2c1CCC2. The molecule has 3 rings (SSSR count). The number of aromatic nitrogens is 2. The Kier molecular flexibility index (Phi) is 2.52. The molecule has 1 heterocycles. The highest BCUT2D eigenvalue weighted by molar-refractivity contribution is 5.45. The average molecular weight is 225 g/mol. The zero-order valence-corrected chi connectivity index (χ0v) is 9.69. The molecule has 3 heteroatoms. The first-order valence-electron chi connectivity index (χ1n) is 6.01. The smallest absolute Gasteiger partial charge is 0.135 e. The summed E-state index contributed by atoms with van der Waals surface area (Å²) < 4.78 is 0. The number of fused-ring (bicyclic) bond motifs is 1. The molecule has 0 aliphatic heterocycles. The van der Waals surface area contributed by atoms with E-state index in [-0.39, 0.29) is 0 Å². The van der Waals surface area contributed by atoms with Gasteiger partial charge in [0.25, 0.3) is 0 Å². The molecule has 1 aliphatic carbocycles. The van der Waals surface area contributed by atoms with E-state index in [1.165, 1.54) is 11.1 Å². The van der Waals surface area contributed by atoms with Crippen LogP contribution in [0, 0.1) is 0 Å². The number of hydrogen-bond acceptors (Lipinski definition) is 3. The molecule has 1 aromatic heterocycles. The van der Waals surface area contributed by atoms with Crippen molar-refractivity contribution in [1.82, 2.24) is 9.97 Å². The standard InChI is InChI=1S/C14H15N3/c15-14-11-7-4-8-12(11)16-13(17-14)9-10-5-2-1-3-6-10/h1-3,5-6H,4,7-9H2,(H2,15,16,17). The molecule has 0 spiro atoms. The van der Waals surface area contributed by atoms with Crippen LogP contribution in [-0.2, 0) is 19.3 Å². The molecule has 0 fully saturated rings. The van der Waals surface area contributed by atoms with Crippen LogP contribution in [0.3, 0.4) is 0 Å². The second kappa shape index (κ2) is 4.17. The van der Waals surface area contributed by atoms with Gasteiger partial charge in [-0.25, -0.2) is 9.97 Å². The normalized spacial score (nSPS) is 13.6. The molecule has 0 amide bonds. The van der Waals surface area contributed by atoms with E-state index in [9.17, 15) is 0 Å². The van der Waals surface area contributed by atoms with Crippen molar-refractivity contribution in [2.75, 3.05) is 5.73 Å². The maximum atomic E-state index is 5.98. The Hall–Kier alpha value is -1.90. The zero-order valence-electron chi connectivity index (χ0n) is 9.69. The van der Waals surface area contributed by atoms with Crippen molar-refractivity contribution in [3.8, 4) is 0 Å². The molecule has 0 atom stereocenters. The number of rotatable bonds is 2. The van der Waals surface area contributed by atoms with E-state index in [2.05, 4.69) is 22.1 Å². The first-order chi connectivity index (χ1) is 8.33. The Morgan fingerprint density at radius 1 is 1.06 bits per heavy atom. The third kappa shape index (κ3) is 2.00. The Bertz CT molecular complexity index is 535. The summed E-state index contributed by atoms with van der Waals surface area (Å²) >= 11 is 0. The van der Waals surface area contributed by atoms with Gasteiger partial charge in [-0.2, -0.15) is 0 Å². The largest absolute Gasteiger partial charge is 0.383 e. The van der Waals surface area contributed by atoms with Gasteiger partial charge in [0.1, 0.15) is 11.6 Å². The van der Waals surface area contributed by atoms with Crippen LogP contribution in [0.2, 0.25) is 0 Å². The highest BCUT2D eigenvalue weighted by atomic mass is 15.0. The minimum absolute atomic E-state index is 0.679. The number of nitrogens with two attached hydrogens (primary N) is 1. The van der Waals surface area contributed by atoms with Crippen molar-refractivity contribution < 1.29 is 0 Å². The van der Waals surface area contributed by atoms with Crippen LogP contribution in [0.4, 0.5) is 5.82 Å². The van der Waals surface area contributed by atoms with Gasteiger partial charge in [-0.05, 0) is 24.8 Å². The molecular formula is C14H15N3. The molecule has 0 saturated heterocycles. The van der Waals surface area contributed by atoms with Gasteiger partial charge in [0.15, 0.2) is 0 Å². The second-order valence-corrected chi connectivity index (χ2v) is 4.47. The first-order valence-corrected chi connectivity index (χ1v) is 6.01. The lowest BCUT2D eigenvalue weighted by Gasteiger charge is -2.06. The van der Waals surface area contributed by atoms with Crippen LogP contribution in [0.1, 0.15) is 29.1 Å². The molecule has 1 aromatic carbocycles. The Balaban J connectivity index is 1.92. The van der Waals surface area contributed by atoms with Gasteiger partial charge in [0.05, 0.1) is 0 Å². The van der Waals surface area contributed by atoms with E-state index < -0.39 is 0 Å². The van der Waals surface area contributed by atoms with Crippen LogP contribution in [0.5, 0.6) is 0 Å². The van der Waals surface area contributed by atoms with Gasteiger partial charge >= 0.3 is 0 Å². The van der Waals surface area contributed by atoms with E-state index in [1.807, 2.05) is 18.2 Å². The molecule has 0 unspecified atom stereocenters. The molecule has 0 saturated carbocycles. The molecule has 1 aliphatic rings. The summed E-state index contributed by atoms with van der Waals surface area (Å²) in [5, 5.41) is 0. The van der Waals surface area contributed by atoms with E-state index in [0.29, 0.717) is 5.82 Å². The molecule has 0 bridgehead atoms. The van der Waals surface area contributed by atoms with Crippen molar-refractivity contribution in [3.05, 3.63) is 53.0 Å². The van der Waals surface area contributed by atoms with Crippen molar-refractivity contribution in [1.29, 1.82) is 0 Å². The van der Waals surface area contributed by atoms with Crippen molar-refractivity contribution in [2.24, 2.45) is 0 Å². The number of aryl methyl sites for hydroxylation is 1. The van der Waals surface area contributed by atoms with Crippen LogP contribution in [0.25, 0.3) is 0 Å². The van der Waals surface area contributed by atoms with E-state index >= 15 is 0 Å². The fourth-order valence-corrected chi connectivity index (χ4v) is 2.37. The van der Waals surface area contributed by atoms with E-state index in [0.717, 1.165) is 37.2 Å². The van der Waals surface area contributed by atoms with E-state index in [1.54, 1.807) is 0 Å². The Labute approximate surface area is 101 Å². The van der Waals surface area contributed by atoms with Crippen molar-refractivity contribution in [2.45, 2.75) is 25.7 Å². The number of nitrogen functional groups attached to an aromatic ring is 1. The summed E-state index contributed by atoms with van der Waals surface area (Å²) in [6.07, 6.45) is 4.00. The van der Waals surface area contributed by atoms with E-state index in [4.69, 9.17) is 5.73 Å². The summed E-state index contributed by atoms with van der Waals surface area (Å²) in [5.74, 6) is 1.52. The third-order valence-electron chi connectivity index (χ3n) is 3.22. The fraction of sp³-hybridized carbons (Fsp3) is 0.286. The lowest BCUT2D eigenvalue weighted by atomic mass is 10.1. The molecule has 86 valence electrons. The van der Waals surface area contributed by atoms with Gasteiger partial charge in [0.2, 0.25) is 0 Å². The lowest BCUT2D eigenvalue weighted by molar-refractivity contribution is 0.886. The summed E-state index contributed by atoms with van der Waals surface area (Å²) in [6.45, 7) is 0. The van der Waals surface area contributed by atoms with Gasteiger partial charge in [-0.1, -0.05) is 30.3 Å². The minimum Gasteiger partial charge on any atom is -0.383 e. The average Bonchev–Trinajstić information content (AvgIpc) is 2.79. The molecule has 0 radical (unpaired) electrons. The van der Waals surface area contributed by atoms with Crippen LogP contribution < -0.4 is 5.73 Å². The maximum absolute atomic E-state index is 5.98. The predicted octanol–water partition coefficient (Wildman–Crippen LogP) is 2.14. The summed E-state index contributed by atoms with van der Waals surface area (Å²) in [4.78, 5) is 9.03. The Morgan fingerprint density at radius 2 is 1.88 bits per heavy atom. The molecule has 3 nitrogen and oxygen atoms in total. The fourth-order valence-electron chi connectivity index (χ4n) is 2.37. The highest BCUT2D eigenvalue weighted by Crippen LogP contribution is 2.24. The third-order valence-corrected chi connectivity index (χ3v) is 3.22. The minimum atomic E-state index is 0.679. The molecular weight excluding hydrogens is 210 g/mol. The molecule has 17 heavy (non-hydrogen) atoms. The van der Waals surface area contributed by atoms with Gasteiger partial charge in [-0.3, -0.25) is 0 Å². The van der Waals surface area contributed by atoms with Crippen LogP contribution in [-0.4, -0.2) is 9.97 Å². The number of hydrogen-bond donors (Lipinski definition) is 1. The maximum Gasteiger partial charge on any atom is 0.135 e. The highest BCUT2D eigenvalue weighted by Gasteiger charge is 2.17. The molecule has 2 N–H and O–H groups in total. The van der Waals surface area contributed by atoms with Crippen LogP contribution in [0.15, 0.2) is 30.3 Å². The summed E-state index contributed by atoms with van der Waals surface area (Å²) in [6, 6.07) is 10.3. The summed E-state index contributed by atoms with van der Waals surface area (Å²) in [5.41, 5.74) is 9.53. The Morgan fingerprint density at radius 3 is 2.71 bits per heavy atom. The quantitative estimate of drug-likeness (QED) is 0.852. The second-order valence-electron chi connectivity index (χ2n) is 4.47. The first kappa shape index (κ1) is 10.3. The monoisotopic (exact) mass is 225 g/mol. The van der Waals surface area contributed by atoms with Crippen molar-refractivity contribution >= 4 is 5.82 Å². The zero-order chi connectivity index (χ0) is 11.7. The molecule has 2 aromatic rings. The van der Waals surface area contributed by atoms with Crippen LogP contribution >= 0.6 is 0 Å². The van der Waals surface area contributed by atoms with Gasteiger partial charge in [-0.15, -0.1) is 0 Å². The topological polar surface area (TPSA) is 51.8 Å². The van der Waals surface area contributed by atoms with Gasteiger partial charge in [0, 0.05) is 17.7 Å². The predicted molar refractivity (Wildman–Crippen MR) is 67.7 cm³/mol. The number of benzene rings is 1. The number of anilines is 1. The summed E-state index contributed by atoms with van der Waals surface area (Å²) in [7, 11) is 0.